The Labute approximate surface area is 104 Å². The Hall–Kier alpha value is -1.57. The third-order valence-electron chi connectivity index (χ3n) is 3.58. The molecule has 2 aromatic rings. The van der Waals surface area contributed by atoms with E-state index in [4.69, 9.17) is 5.73 Å². The van der Waals surface area contributed by atoms with Gasteiger partial charge >= 0.3 is 0 Å². The first kappa shape index (κ1) is 11.5. The molecule has 1 aliphatic heterocycles. The predicted octanol–water partition coefficient (Wildman–Crippen LogP) is 0.184. The number of sulfone groups is 1. The van der Waals surface area contributed by atoms with Crippen molar-refractivity contribution in [3.8, 4) is 0 Å². The fourth-order valence-corrected chi connectivity index (χ4v) is 4.75. The predicted molar refractivity (Wildman–Crippen MR) is 67.9 cm³/mol. The first-order valence-corrected chi connectivity index (χ1v) is 7.55. The number of aromatic nitrogens is 4. The number of nitrogen functional groups attached to an aromatic ring is 1. The molecule has 0 saturated carbocycles. The Bertz CT molecular complexity index is 729. The lowest BCUT2D eigenvalue weighted by Gasteiger charge is -2.22. The van der Waals surface area contributed by atoms with Crippen LogP contribution < -0.4 is 5.73 Å². The van der Waals surface area contributed by atoms with Crippen LogP contribution >= 0.6 is 0 Å². The van der Waals surface area contributed by atoms with Crippen molar-refractivity contribution in [3.63, 3.8) is 0 Å². The number of H-pyrrole nitrogens is 1. The lowest BCUT2D eigenvalue weighted by atomic mass is 10.0. The van der Waals surface area contributed by atoms with E-state index in [9.17, 15) is 8.42 Å². The molecule has 3 heterocycles. The van der Waals surface area contributed by atoms with Crippen LogP contribution in [0.3, 0.4) is 0 Å². The second-order valence-electron chi connectivity index (χ2n) is 5.17. The van der Waals surface area contributed by atoms with Crippen LogP contribution in [0.15, 0.2) is 0 Å². The van der Waals surface area contributed by atoms with Crippen molar-refractivity contribution in [1.82, 2.24) is 20.0 Å². The molecule has 7 nitrogen and oxygen atoms in total. The zero-order chi connectivity index (χ0) is 13.1. The van der Waals surface area contributed by atoms with E-state index in [2.05, 4.69) is 15.3 Å². The van der Waals surface area contributed by atoms with Crippen LogP contribution in [0.5, 0.6) is 0 Å². The van der Waals surface area contributed by atoms with Gasteiger partial charge in [0.1, 0.15) is 5.82 Å². The van der Waals surface area contributed by atoms with E-state index >= 15 is 0 Å². The Morgan fingerprint density at radius 2 is 2.22 bits per heavy atom. The molecule has 3 N–H and O–H groups in total. The molecule has 0 amide bonds. The highest BCUT2D eigenvalue weighted by atomic mass is 32.2. The Morgan fingerprint density at radius 1 is 1.50 bits per heavy atom. The van der Waals surface area contributed by atoms with Gasteiger partial charge in [-0.25, -0.2) is 13.1 Å². The first-order valence-electron chi connectivity index (χ1n) is 5.72. The van der Waals surface area contributed by atoms with Crippen molar-refractivity contribution >= 4 is 26.7 Å². The van der Waals surface area contributed by atoms with Crippen LogP contribution in [0.1, 0.15) is 19.0 Å². The topological polar surface area (TPSA) is 107 Å². The maximum Gasteiger partial charge on any atom is 0.182 e. The number of nitrogens with one attached hydrogen (secondary N) is 1. The third kappa shape index (κ3) is 1.45. The lowest BCUT2D eigenvalue weighted by Crippen LogP contribution is -2.32. The van der Waals surface area contributed by atoms with Crippen molar-refractivity contribution < 1.29 is 8.42 Å². The van der Waals surface area contributed by atoms with Gasteiger partial charge in [-0.3, -0.25) is 5.10 Å². The number of hydrogen-bond acceptors (Lipinski definition) is 5. The average Bonchev–Trinajstić information content (AvgIpc) is 2.86. The van der Waals surface area contributed by atoms with Crippen LogP contribution in [0.4, 0.5) is 5.82 Å². The summed E-state index contributed by atoms with van der Waals surface area (Å²) in [5.41, 5.74) is 6.66. The van der Waals surface area contributed by atoms with E-state index in [-0.39, 0.29) is 11.5 Å². The molecule has 1 unspecified atom stereocenters. The molecule has 0 radical (unpaired) electrons. The monoisotopic (exact) mass is 269 g/mol. The molecule has 0 aliphatic carbocycles. The molecule has 18 heavy (non-hydrogen) atoms. The minimum atomic E-state index is -2.98. The molecular formula is C10H15N5O2S. The van der Waals surface area contributed by atoms with Crippen molar-refractivity contribution in [3.05, 3.63) is 5.69 Å². The minimum Gasteiger partial charge on any atom is -0.383 e. The molecule has 0 aromatic carbocycles. The Morgan fingerprint density at radius 3 is 2.83 bits per heavy atom. The normalized spacial score (nSPS) is 27.0. The van der Waals surface area contributed by atoms with Gasteiger partial charge in [-0.2, -0.15) is 10.2 Å². The summed E-state index contributed by atoms with van der Waals surface area (Å²) in [6, 6.07) is 0. The van der Waals surface area contributed by atoms with Gasteiger partial charge in [0.2, 0.25) is 0 Å². The van der Waals surface area contributed by atoms with Gasteiger partial charge in [0.25, 0.3) is 0 Å². The van der Waals surface area contributed by atoms with Gasteiger partial charge in [0.05, 0.1) is 28.1 Å². The zero-order valence-electron chi connectivity index (χ0n) is 10.3. The van der Waals surface area contributed by atoms with E-state index in [0.29, 0.717) is 17.9 Å². The second-order valence-corrected chi connectivity index (χ2v) is 7.36. The van der Waals surface area contributed by atoms with Gasteiger partial charge in [0, 0.05) is 0 Å². The van der Waals surface area contributed by atoms with E-state index in [0.717, 1.165) is 11.1 Å². The average molecular weight is 269 g/mol. The summed E-state index contributed by atoms with van der Waals surface area (Å²) in [5, 5.41) is 12.0. The number of rotatable bonds is 1. The zero-order valence-corrected chi connectivity index (χ0v) is 11.1. The summed E-state index contributed by atoms with van der Waals surface area (Å²) >= 11 is 0. The van der Waals surface area contributed by atoms with Crippen LogP contribution in [0.2, 0.25) is 0 Å². The second kappa shape index (κ2) is 3.25. The largest absolute Gasteiger partial charge is 0.383 e. The van der Waals surface area contributed by atoms with Crippen molar-refractivity contribution in [2.75, 3.05) is 17.2 Å². The number of aromatic amines is 1. The lowest BCUT2D eigenvalue weighted by molar-refractivity contribution is 0.336. The van der Waals surface area contributed by atoms with Crippen molar-refractivity contribution in [1.29, 1.82) is 0 Å². The first-order chi connectivity index (χ1) is 8.32. The van der Waals surface area contributed by atoms with Crippen molar-refractivity contribution in [2.45, 2.75) is 25.8 Å². The Balaban J connectivity index is 2.21. The van der Waals surface area contributed by atoms with Crippen LogP contribution in [-0.2, 0) is 15.4 Å². The van der Waals surface area contributed by atoms with E-state index in [1.807, 2.05) is 13.8 Å². The fourth-order valence-electron chi connectivity index (χ4n) is 2.64. The molecule has 1 atom stereocenters. The molecule has 0 spiro atoms. The smallest absolute Gasteiger partial charge is 0.182 e. The molecule has 2 aromatic heterocycles. The van der Waals surface area contributed by atoms with E-state index in [1.54, 1.807) is 4.68 Å². The number of hydrogen-bond donors (Lipinski definition) is 2. The van der Waals surface area contributed by atoms with Gasteiger partial charge in [-0.15, -0.1) is 0 Å². The number of nitrogens with two attached hydrogens (primary N) is 1. The van der Waals surface area contributed by atoms with E-state index < -0.39 is 15.4 Å². The number of anilines is 1. The maximum absolute atomic E-state index is 11.7. The van der Waals surface area contributed by atoms with Crippen LogP contribution in [0, 0.1) is 6.92 Å². The van der Waals surface area contributed by atoms with Gasteiger partial charge in [-0.1, -0.05) is 0 Å². The molecule has 1 fully saturated rings. The third-order valence-corrected chi connectivity index (χ3v) is 5.47. The summed E-state index contributed by atoms with van der Waals surface area (Å²) in [6.45, 7) is 3.74. The van der Waals surface area contributed by atoms with E-state index in [1.165, 1.54) is 0 Å². The summed E-state index contributed by atoms with van der Waals surface area (Å²) in [5.74, 6) is 0.769. The number of nitrogens with zero attached hydrogens (tertiary/aromatic N) is 3. The molecule has 3 rings (SSSR count). The molecular weight excluding hydrogens is 254 g/mol. The fraction of sp³-hybridized carbons (Fsp3) is 0.600. The van der Waals surface area contributed by atoms with Gasteiger partial charge < -0.3 is 5.73 Å². The molecule has 1 aliphatic rings. The number of fused-ring (bicyclic) bond motifs is 1. The summed E-state index contributed by atoms with van der Waals surface area (Å²) in [6.07, 6.45) is 0.554. The molecule has 1 saturated heterocycles. The summed E-state index contributed by atoms with van der Waals surface area (Å²) in [4.78, 5) is 0. The van der Waals surface area contributed by atoms with Crippen LogP contribution in [-0.4, -0.2) is 39.9 Å². The van der Waals surface area contributed by atoms with Gasteiger partial charge in [0.15, 0.2) is 15.5 Å². The highest BCUT2D eigenvalue weighted by Crippen LogP contribution is 2.34. The highest BCUT2D eigenvalue weighted by Gasteiger charge is 2.42. The summed E-state index contributed by atoms with van der Waals surface area (Å²) in [7, 11) is -2.98. The number of aryl methyl sites for hydroxylation is 1. The minimum absolute atomic E-state index is 0.100. The van der Waals surface area contributed by atoms with Crippen molar-refractivity contribution in [2.24, 2.45) is 0 Å². The maximum atomic E-state index is 11.7. The van der Waals surface area contributed by atoms with Gasteiger partial charge in [-0.05, 0) is 20.3 Å². The van der Waals surface area contributed by atoms with Crippen LogP contribution in [0.25, 0.3) is 11.0 Å². The molecule has 8 heteroatoms. The Kier molecular flexibility index (Phi) is 2.08. The molecule has 98 valence electrons. The molecule has 0 bridgehead atoms. The highest BCUT2D eigenvalue weighted by molar-refractivity contribution is 7.91. The quantitative estimate of drug-likeness (QED) is 0.768. The standard InChI is InChI=1S/C10H15N5O2S/c1-6-7-8(11)12-13-9(7)15(14-6)10(2)3-4-18(16,17)5-10/h3-5H2,1-2H3,(H3,11,12,13). The SMILES string of the molecule is Cc1nn(C2(C)CCS(=O)(=O)C2)c2n[nH]c(N)c12. The summed E-state index contributed by atoms with van der Waals surface area (Å²) < 4.78 is 25.1.